The van der Waals surface area contributed by atoms with Crippen molar-refractivity contribution in [3.63, 3.8) is 0 Å². The van der Waals surface area contributed by atoms with Gasteiger partial charge in [-0.15, -0.1) is 0 Å². The van der Waals surface area contributed by atoms with Crippen molar-refractivity contribution in [1.82, 2.24) is 24.3 Å². The molecule has 1 amide bonds. The Morgan fingerprint density at radius 2 is 2.12 bits per heavy atom. The van der Waals surface area contributed by atoms with E-state index in [4.69, 9.17) is 9.40 Å². The Kier molecular flexibility index (Phi) is 5.21. The lowest BCUT2D eigenvalue weighted by molar-refractivity contribution is -0.133. The van der Waals surface area contributed by atoms with Gasteiger partial charge in [-0.1, -0.05) is 6.07 Å². The highest BCUT2D eigenvalue weighted by Gasteiger charge is 2.29. The van der Waals surface area contributed by atoms with Crippen LogP contribution in [0.1, 0.15) is 41.4 Å². The fourth-order valence-electron chi connectivity index (χ4n) is 4.76. The highest BCUT2D eigenvalue weighted by Crippen LogP contribution is 2.26. The molecule has 9 nitrogen and oxygen atoms in total. The van der Waals surface area contributed by atoms with Gasteiger partial charge in [0.25, 0.3) is 5.56 Å². The minimum Gasteiger partial charge on any atom is -0.408 e. The Morgan fingerprint density at radius 3 is 2.97 bits per heavy atom. The van der Waals surface area contributed by atoms with Gasteiger partial charge in [-0.2, -0.15) is 0 Å². The number of likely N-dealkylation sites (N-methyl/N-ethyl adjacent to an activating group) is 1. The van der Waals surface area contributed by atoms with E-state index in [0.717, 1.165) is 42.6 Å². The average molecular weight is 438 g/mol. The number of carbonyl (C=O) groups excluding carboxylic acids is 1. The maximum atomic E-state index is 13.1. The topological polar surface area (TPSA) is 104 Å². The molecule has 2 aromatic heterocycles. The molecule has 1 N–H and O–H groups in total. The van der Waals surface area contributed by atoms with Crippen LogP contribution in [0.2, 0.25) is 0 Å². The number of aromatic amines is 1. The minimum atomic E-state index is -0.529. The summed E-state index contributed by atoms with van der Waals surface area (Å²) >= 11 is 0. The molecule has 0 spiro atoms. The molecule has 4 heterocycles. The van der Waals surface area contributed by atoms with Crippen LogP contribution in [0.25, 0.3) is 11.1 Å². The van der Waals surface area contributed by atoms with Crippen molar-refractivity contribution in [2.24, 2.45) is 0 Å². The number of aromatic nitrogens is 3. The van der Waals surface area contributed by atoms with E-state index in [0.29, 0.717) is 36.6 Å². The fourth-order valence-corrected chi connectivity index (χ4v) is 4.76. The van der Waals surface area contributed by atoms with E-state index in [1.54, 1.807) is 11.0 Å². The number of carbonyl (C=O) groups is 1. The van der Waals surface area contributed by atoms with Crippen LogP contribution >= 0.6 is 0 Å². The van der Waals surface area contributed by atoms with Crippen LogP contribution in [0.4, 0.5) is 0 Å². The Balaban J connectivity index is 1.36. The molecule has 0 aliphatic carbocycles. The first-order valence-corrected chi connectivity index (χ1v) is 11.1. The molecule has 0 saturated carbocycles. The third-order valence-corrected chi connectivity index (χ3v) is 6.55. The van der Waals surface area contributed by atoms with E-state index in [2.05, 4.69) is 9.88 Å². The van der Waals surface area contributed by atoms with Crippen LogP contribution in [0.3, 0.4) is 0 Å². The first-order chi connectivity index (χ1) is 15.4. The average Bonchev–Trinajstić information content (AvgIpc) is 3.08. The Labute approximate surface area is 184 Å². The number of amides is 1. The first kappa shape index (κ1) is 20.7. The second kappa shape index (κ2) is 8.05. The zero-order chi connectivity index (χ0) is 22.4. The molecule has 2 aliphatic heterocycles. The fraction of sp³-hybridized carbons (Fsp3) is 0.478. The number of hydrogen-bond donors (Lipinski definition) is 1. The number of aryl methyl sites for hydroxylation is 1. The molecule has 0 bridgehead atoms. The molecule has 3 aromatic rings. The molecular weight excluding hydrogens is 410 g/mol. The van der Waals surface area contributed by atoms with Crippen LogP contribution in [0.15, 0.2) is 32.2 Å². The molecular formula is C23H27N5O4. The second-order valence-electron chi connectivity index (χ2n) is 8.97. The van der Waals surface area contributed by atoms with Crippen molar-refractivity contribution in [2.45, 2.75) is 45.2 Å². The highest BCUT2D eigenvalue weighted by atomic mass is 16.4. The van der Waals surface area contributed by atoms with E-state index >= 15 is 0 Å². The van der Waals surface area contributed by atoms with Crippen LogP contribution in [-0.2, 0) is 24.3 Å². The molecule has 5 rings (SSSR count). The molecule has 2 aliphatic rings. The number of likely N-dealkylation sites (tertiary alicyclic amines) is 1. The number of rotatable bonds is 3. The largest absolute Gasteiger partial charge is 0.420 e. The summed E-state index contributed by atoms with van der Waals surface area (Å²) in [7, 11) is 2.00. The van der Waals surface area contributed by atoms with Crippen molar-refractivity contribution in [3.8, 4) is 0 Å². The quantitative estimate of drug-likeness (QED) is 0.664. The lowest BCUT2D eigenvalue weighted by Gasteiger charge is -2.33. The molecule has 1 aromatic carbocycles. The molecule has 168 valence electrons. The van der Waals surface area contributed by atoms with E-state index in [9.17, 15) is 14.4 Å². The lowest BCUT2D eigenvalue weighted by atomic mass is 9.96. The summed E-state index contributed by atoms with van der Waals surface area (Å²) in [6, 6.07) is 5.47. The number of nitrogens with zero attached hydrogens (tertiary/aromatic N) is 4. The predicted octanol–water partition coefficient (Wildman–Crippen LogP) is 1.38. The molecule has 1 unspecified atom stereocenters. The number of hydrogen-bond acceptors (Lipinski definition) is 6. The molecule has 1 saturated heterocycles. The molecule has 1 atom stereocenters. The minimum absolute atomic E-state index is 0.0228. The van der Waals surface area contributed by atoms with Gasteiger partial charge in [0.15, 0.2) is 5.58 Å². The van der Waals surface area contributed by atoms with Crippen molar-refractivity contribution >= 4 is 17.0 Å². The Bertz CT molecular complexity index is 1300. The van der Waals surface area contributed by atoms with Gasteiger partial charge in [0.05, 0.1) is 16.8 Å². The van der Waals surface area contributed by atoms with E-state index in [1.165, 1.54) is 4.57 Å². The Hall–Kier alpha value is -3.20. The summed E-state index contributed by atoms with van der Waals surface area (Å²) in [5.41, 5.74) is 3.64. The van der Waals surface area contributed by atoms with Gasteiger partial charge < -0.3 is 19.2 Å². The van der Waals surface area contributed by atoms with E-state index < -0.39 is 5.76 Å². The van der Waals surface area contributed by atoms with Crippen molar-refractivity contribution in [1.29, 1.82) is 0 Å². The SMILES string of the molecule is Cc1ccc2oc(=O)n(CC(=O)N3CCCC(c4nc5c(c(=O)[nH]4)CN(C)CC5)C3)c2c1. The van der Waals surface area contributed by atoms with Gasteiger partial charge in [-0.05, 0) is 44.5 Å². The zero-order valence-electron chi connectivity index (χ0n) is 18.4. The standard InChI is InChI=1S/C23H27N5O4/c1-14-5-6-19-18(10-14)28(23(31)32-19)13-20(29)27-8-3-4-15(11-27)21-24-17-7-9-26(2)12-16(17)22(30)25-21/h5-6,10,15H,3-4,7-9,11-13H2,1-2H3,(H,24,25,30). The molecule has 1 fully saturated rings. The normalized spacial score (nSPS) is 19.3. The smallest absolute Gasteiger partial charge is 0.408 e. The van der Waals surface area contributed by atoms with Gasteiger partial charge in [-0.25, -0.2) is 9.78 Å². The number of H-pyrrole nitrogens is 1. The van der Waals surface area contributed by atoms with E-state index in [1.807, 2.05) is 26.1 Å². The molecule has 32 heavy (non-hydrogen) atoms. The summed E-state index contributed by atoms with van der Waals surface area (Å²) in [6.07, 6.45) is 2.44. The van der Waals surface area contributed by atoms with Crippen molar-refractivity contribution in [2.75, 3.05) is 26.7 Å². The van der Waals surface area contributed by atoms with Gasteiger partial charge >= 0.3 is 5.76 Å². The van der Waals surface area contributed by atoms with Gasteiger partial charge in [0, 0.05) is 38.5 Å². The predicted molar refractivity (Wildman–Crippen MR) is 119 cm³/mol. The lowest BCUT2D eigenvalue weighted by Crippen LogP contribution is -2.42. The number of piperidine rings is 1. The third-order valence-electron chi connectivity index (χ3n) is 6.55. The van der Waals surface area contributed by atoms with Crippen LogP contribution in [0.5, 0.6) is 0 Å². The van der Waals surface area contributed by atoms with Crippen LogP contribution < -0.4 is 11.3 Å². The Morgan fingerprint density at radius 1 is 1.28 bits per heavy atom. The number of nitrogens with one attached hydrogen (secondary N) is 1. The van der Waals surface area contributed by atoms with Crippen LogP contribution in [-0.4, -0.2) is 56.9 Å². The summed E-state index contributed by atoms with van der Waals surface area (Å²) in [5, 5.41) is 0. The number of oxazole rings is 1. The zero-order valence-corrected chi connectivity index (χ0v) is 18.4. The van der Waals surface area contributed by atoms with E-state index in [-0.39, 0.29) is 23.9 Å². The van der Waals surface area contributed by atoms with Gasteiger partial charge in [0.1, 0.15) is 12.4 Å². The summed E-state index contributed by atoms with van der Waals surface area (Å²) in [6.45, 7) is 4.46. The maximum absolute atomic E-state index is 13.1. The number of benzene rings is 1. The number of fused-ring (bicyclic) bond motifs is 2. The summed E-state index contributed by atoms with van der Waals surface area (Å²) < 4.78 is 6.68. The third kappa shape index (κ3) is 3.77. The molecule has 0 radical (unpaired) electrons. The second-order valence-corrected chi connectivity index (χ2v) is 8.97. The van der Waals surface area contributed by atoms with Crippen LogP contribution in [0, 0.1) is 6.92 Å². The van der Waals surface area contributed by atoms with Crippen molar-refractivity contribution in [3.05, 3.63) is 61.7 Å². The highest BCUT2D eigenvalue weighted by molar-refractivity contribution is 5.80. The molecule has 9 heteroatoms. The van der Waals surface area contributed by atoms with Gasteiger partial charge in [-0.3, -0.25) is 14.2 Å². The van der Waals surface area contributed by atoms with Gasteiger partial charge in [0.2, 0.25) is 5.91 Å². The summed E-state index contributed by atoms with van der Waals surface area (Å²) in [4.78, 5) is 49.7. The monoisotopic (exact) mass is 437 g/mol. The first-order valence-electron chi connectivity index (χ1n) is 11.1. The maximum Gasteiger partial charge on any atom is 0.420 e. The summed E-state index contributed by atoms with van der Waals surface area (Å²) in [5.74, 6) is -0.0242. The van der Waals surface area contributed by atoms with Crippen molar-refractivity contribution < 1.29 is 9.21 Å².